The van der Waals surface area contributed by atoms with Crippen LogP contribution in [0, 0.1) is 29.1 Å². The second kappa shape index (κ2) is 9.33. The summed E-state index contributed by atoms with van der Waals surface area (Å²) in [7, 11) is 0. The van der Waals surface area contributed by atoms with Crippen molar-refractivity contribution in [1.82, 2.24) is 0 Å². The first-order chi connectivity index (χ1) is 13.3. The lowest BCUT2D eigenvalue weighted by Gasteiger charge is -2.43. The third-order valence-corrected chi connectivity index (χ3v) is 8.34. The van der Waals surface area contributed by atoms with Crippen molar-refractivity contribution >= 4 is 0 Å². The van der Waals surface area contributed by atoms with Gasteiger partial charge in [-0.1, -0.05) is 70.8 Å². The number of hydrogen-bond acceptors (Lipinski definition) is 1. The van der Waals surface area contributed by atoms with E-state index in [1.54, 1.807) is 5.57 Å². The number of aliphatic hydroxyl groups excluding tert-OH is 1. The Morgan fingerprint density at radius 1 is 1.14 bits per heavy atom. The zero-order valence-corrected chi connectivity index (χ0v) is 19.1. The van der Waals surface area contributed by atoms with Crippen LogP contribution in [0.4, 0.5) is 0 Å². The van der Waals surface area contributed by atoms with Gasteiger partial charge >= 0.3 is 0 Å². The zero-order valence-electron chi connectivity index (χ0n) is 19.1. The van der Waals surface area contributed by atoms with Gasteiger partial charge in [0, 0.05) is 0 Å². The van der Waals surface area contributed by atoms with E-state index in [2.05, 4.69) is 52.8 Å². The number of hydrogen-bond donors (Lipinski definition) is 1. The minimum atomic E-state index is -0.142. The molecule has 3 aliphatic carbocycles. The average Bonchev–Trinajstić information content (AvgIpc) is 2.99. The van der Waals surface area contributed by atoms with Gasteiger partial charge in [-0.15, -0.1) is 0 Å². The SMILES string of the molecule is CC1=C(/C=C\C2=CCC[C@@]3(C)C2CC[C@@H]3[C@H](C)CCCC(C)C)CC(O)CC1. The van der Waals surface area contributed by atoms with Gasteiger partial charge in [0.25, 0.3) is 0 Å². The van der Waals surface area contributed by atoms with Crippen molar-refractivity contribution in [3.63, 3.8) is 0 Å². The second-order valence-corrected chi connectivity index (χ2v) is 10.8. The molecule has 0 aliphatic heterocycles. The van der Waals surface area contributed by atoms with E-state index in [-0.39, 0.29) is 6.10 Å². The molecule has 0 radical (unpaired) electrons. The Hall–Kier alpha value is -0.820. The minimum Gasteiger partial charge on any atom is -0.393 e. The molecular weight excluding hydrogens is 340 g/mol. The van der Waals surface area contributed by atoms with E-state index in [4.69, 9.17) is 0 Å². The van der Waals surface area contributed by atoms with Crippen molar-refractivity contribution < 1.29 is 5.11 Å². The van der Waals surface area contributed by atoms with Gasteiger partial charge < -0.3 is 5.11 Å². The normalized spacial score (nSPS) is 34.8. The maximum atomic E-state index is 10.0. The van der Waals surface area contributed by atoms with Gasteiger partial charge in [0.15, 0.2) is 0 Å². The summed E-state index contributed by atoms with van der Waals surface area (Å²) in [5.41, 5.74) is 4.93. The van der Waals surface area contributed by atoms with E-state index < -0.39 is 0 Å². The summed E-state index contributed by atoms with van der Waals surface area (Å²) < 4.78 is 0. The fraction of sp³-hybridized carbons (Fsp3) is 0.778. The molecule has 5 atom stereocenters. The van der Waals surface area contributed by atoms with Crippen molar-refractivity contribution in [2.45, 2.75) is 105 Å². The largest absolute Gasteiger partial charge is 0.393 e. The summed E-state index contributed by atoms with van der Waals surface area (Å²) in [6, 6.07) is 0. The molecule has 2 unspecified atom stereocenters. The predicted octanol–water partition coefficient (Wildman–Crippen LogP) is 7.62. The molecule has 0 spiro atoms. The van der Waals surface area contributed by atoms with Gasteiger partial charge in [0.2, 0.25) is 0 Å². The fourth-order valence-corrected chi connectivity index (χ4v) is 6.51. The Morgan fingerprint density at radius 2 is 1.93 bits per heavy atom. The highest BCUT2D eigenvalue weighted by molar-refractivity contribution is 5.36. The molecule has 1 N–H and O–H groups in total. The predicted molar refractivity (Wildman–Crippen MR) is 121 cm³/mol. The summed E-state index contributed by atoms with van der Waals surface area (Å²) in [5.74, 6) is 3.32. The van der Waals surface area contributed by atoms with E-state index in [0.29, 0.717) is 5.41 Å². The summed E-state index contributed by atoms with van der Waals surface area (Å²) in [4.78, 5) is 0. The Morgan fingerprint density at radius 3 is 2.68 bits per heavy atom. The molecule has 0 aromatic carbocycles. The average molecular weight is 385 g/mol. The second-order valence-electron chi connectivity index (χ2n) is 10.8. The van der Waals surface area contributed by atoms with Crippen LogP contribution in [-0.4, -0.2) is 11.2 Å². The Kier molecular flexibility index (Phi) is 7.29. The molecule has 1 heteroatoms. The molecular formula is C27H44O. The molecule has 1 fully saturated rings. The van der Waals surface area contributed by atoms with Crippen molar-refractivity contribution in [2.24, 2.45) is 29.1 Å². The summed E-state index contributed by atoms with van der Waals surface area (Å²) in [5, 5.41) is 10.0. The Bertz CT molecular complexity index is 622. The van der Waals surface area contributed by atoms with Gasteiger partial charge in [0.05, 0.1) is 6.10 Å². The highest BCUT2D eigenvalue weighted by atomic mass is 16.3. The number of allylic oxidation sites excluding steroid dienone is 5. The lowest BCUT2D eigenvalue weighted by molar-refractivity contribution is 0.107. The molecule has 1 nitrogen and oxygen atoms in total. The van der Waals surface area contributed by atoms with Crippen LogP contribution in [0.3, 0.4) is 0 Å². The van der Waals surface area contributed by atoms with Crippen LogP contribution in [0.25, 0.3) is 0 Å². The summed E-state index contributed by atoms with van der Waals surface area (Å²) in [6.07, 6.45) is 19.5. The van der Waals surface area contributed by atoms with E-state index in [0.717, 1.165) is 42.9 Å². The van der Waals surface area contributed by atoms with E-state index >= 15 is 0 Å². The standard InChI is InChI=1S/C27H44O/c1-19(2)8-6-9-21(4)25-15-16-26-22(10-7-17-27(25,26)5)12-13-23-18-24(28)14-11-20(23)3/h10,12-13,19,21,24-26,28H,6-9,11,14-18H2,1-5H3/b13-12-/t21-,24?,25-,26?,27-/m1/s1. The molecule has 28 heavy (non-hydrogen) atoms. The van der Waals surface area contributed by atoms with Gasteiger partial charge in [0.1, 0.15) is 0 Å². The molecule has 0 amide bonds. The van der Waals surface area contributed by atoms with Crippen molar-refractivity contribution in [3.05, 3.63) is 34.9 Å². The molecule has 0 aromatic heterocycles. The van der Waals surface area contributed by atoms with E-state index in [1.807, 2.05) is 0 Å². The lowest BCUT2D eigenvalue weighted by Crippen LogP contribution is -2.35. The van der Waals surface area contributed by atoms with Crippen molar-refractivity contribution in [2.75, 3.05) is 0 Å². The molecule has 0 saturated heterocycles. The first-order valence-corrected chi connectivity index (χ1v) is 12.1. The molecule has 0 bridgehead atoms. The van der Waals surface area contributed by atoms with E-state index in [9.17, 15) is 5.11 Å². The quantitative estimate of drug-likeness (QED) is 0.478. The van der Waals surface area contributed by atoms with Crippen LogP contribution >= 0.6 is 0 Å². The maximum absolute atomic E-state index is 10.0. The van der Waals surface area contributed by atoms with Crippen molar-refractivity contribution in [3.8, 4) is 0 Å². The van der Waals surface area contributed by atoms with Crippen LogP contribution in [0.5, 0.6) is 0 Å². The molecule has 3 aliphatic rings. The van der Waals surface area contributed by atoms with Gasteiger partial charge in [-0.3, -0.25) is 0 Å². The van der Waals surface area contributed by atoms with Gasteiger partial charge in [-0.25, -0.2) is 0 Å². The molecule has 158 valence electrons. The van der Waals surface area contributed by atoms with E-state index in [1.165, 1.54) is 56.1 Å². The third-order valence-electron chi connectivity index (χ3n) is 8.34. The van der Waals surface area contributed by atoms with Crippen LogP contribution in [0.2, 0.25) is 0 Å². The maximum Gasteiger partial charge on any atom is 0.0583 e. The number of aliphatic hydroxyl groups is 1. The first kappa shape index (κ1) is 21.9. The van der Waals surface area contributed by atoms with Gasteiger partial charge in [-0.05, 0) is 92.1 Å². The Labute approximate surface area is 174 Å². The van der Waals surface area contributed by atoms with Gasteiger partial charge in [-0.2, -0.15) is 0 Å². The third kappa shape index (κ3) is 4.84. The van der Waals surface area contributed by atoms with Crippen LogP contribution in [-0.2, 0) is 0 Å². The molecule has 1 saturated carbocycles. The zero-order chi connectivity index (χ0) is 20.3. The number of rotatable bonds is 7. The summed E-state index contributed by atoms with van der Waals surface area (Å²) >= 11 is 0. The lowest BCUT2D eigenvalue weighted by atomic mass is 9.62. The number of fused-ring (bicyclic) bond motifs is 1. The first-order valence-electron chi connectivity index (χ1n) is 12.1. The Balaban J connectivity index is 1.67. The van der Waals surface area contributed by atoms with Crippen LogP contribution in [0.15, 0.2) is 34.9 Å². The summed E-state index contributed by atoms with van der Waals surface area (Å²) in [6.45, 7) is 12.1. The smallest absolute Gasteiger partial charge is 0.0583 e. The molecule has 0 aromatic rings. The highest BCUT2D eigenvalue weighted by Crippen LogP contribution is 2.58. The minimum absolute atomic E-state index is 0.142. The molecule has 3 rings (SSSR count). The van der Waals surface area contributed by atoms with Crippen molar-refractivity contribution in [1.29, 1.82) is 0 Å². The highest BCUT2D eigenvalue weighted by Gasteiger charge is 2.49. The fourth-order valence-electron chi connectivity index (χ4n) is 6.51. The molecule has 0 heterocycles. The topological polar surface area (TPSA) is 20.2 Å². The van der Waals surface area contributed by atoms with Crippen LogP contribution < -0.4 is 0 Å². The monoisotopic (exact) mass is 384 g/mol. The van der Waals surface area contributed by atoms with Crippen LogP contribution in [0.1, 0.15) is 98.8 Å².